The Hall–Kier alpha value is -2.90. The Morgan fingerprint density at radius 2 is 1.76 bits per heavy atom. The fourth-order valence-electron chi connectivity index (χ4n) is 4.89. The highest BCUT2D eigenvalue weighted by molar-refractivity contribution is 5.95. The maximum Gasteiger partial charge on any atom is 0.254 e. The summed E-state index contributed by atoms with van der Waals surface area (Å²) in [5.74, 6) is 0.0318. The third-order valence-corrected chi connectivity index (χ3v) is 7.27. The second-order valence-corrected chi connectivity index (χ2v) is 9.43. The summed E-state index contributed by atoms with van der Waals surface area (Å²) in [6, 6.07) is 5.03. The first-order valence-corrected chi connectivity index (χ1v) is 12.3. The molecule has 2 aliphatic rings. The van der Waals surface area contributed by atoms with Gasteiger partial charge in [-0.05, 0) is 43.4 Å². The molecule has 2 aromatic heterocycles. The monoisotopic (exact) mass is 453 g/mol. The Labute approximate surface area is 195 Å². The molecule has 3 heterocycles. The van der Waals surface area contributed by atoms with Crippen LogP contribution in [0, 0.1) is 11.8 Å². The summed E-state index contributed by atoms with van der Waals surface area (Å²) in [7, 11) is 0. The number of aromatic nitrogens is 2. The van der Waals surface area contributed by atoms with Gasteiger partial charge in [-0.2, -0.15) is 5.10 Å². The van der Waals surface area contributed by atoms with Crippen molar-refractivity contribution < 1.29 is 14.4 Å². The second-order valence-electron chi connectivity index (χ2n) is 9.43. The maximum absolute atomic E-state index is 13.5. The fraction of sp³-hybridized carbons (Fsp3) is 0.600. The van der Waals surface area contributed by atoms with E-state index in [9.17, 15) is 14.4 Å². The van der Waals surface area contributed by atoms with E-state index in [0.717, 1.165) is 37.6 Å². The Bertz CT molecular complexity index is 989. The molecule has 33 heavy (non-hydrogen) atoms. The van der Waals surface area contributed by atoms with Crippen LogP contribution in [0.3, 0.4) is 0 Å². The van der Waals surface area contributed by atoms with Gasteiger partial charge in [-0.25, -0.2) is 4.52 Å². The van der Waals surface area contributed by atoms with E-state index in [1.54, 1.807) is 27.9 Å². The molecular weight excluding hydrogens is 418 g/mol. The first kappa shape index (κ1) is 23.3. The number of hydrogen-bond acceptors (Lipinski definition) is 4. The van der Waals surface area contributed by atoms with Crippen LogP contribution in [0.5, 0.6) is 0 Å². The van der Waals surface area contributed by atoms with Gasteiger partial charge in [0.05, 0.1) is 5.52 Å². The predicted octanol–water partition coefficient (Wildman–Crippen LogP) is 2.73. The van der Waals surface area contributed by atoms with E-state index in [0.29, 0.717) is 31.7 Å². The first-order valence-electron chi connectivity index (χ1n) is 12.3. The lowest BCUT2D eigenvalue weighted by atomic mass is 9.83. The lowest BCUT2D eigenvalue weighted by Gasteiger charge is -2.39. The van der Waals surface area contributed by atoms with E-state index >= 15 is 0 Å². The van der Waals surface area contributed by atoms with Gasteiger partial charge in [0.25, 0.3) is 5.91 Å². The zero-order valence-corrected chi connectivity index (χ0v) is 19.7. The van der Waals surface area contributed by atoms with Gasteiger partial charge < -0.3 is 15.1 Å². The van der Waals surface area contributed by atoms with Gasteiger partial charge in [0.2, 0.25) is 11.8 Å². The van der Waals surface area contributed by atoms with Crippen molar-refractivity contribution in [1.29, 1.82) is 0 Å². The number of pyridine rings is 1. The summed E-state index contributed by atoms with van der Waals surface area (Å²) in [5, 5.41) is 7.26. The highest BCUT2D eigenvalue weighted by Crippen LogP contribution is 2.28. The SMILES string of the molecule is CC[C@@H](C)C(=O)N[C@H](C(=O)N1CCN(C(=O)c2ccn3nccc3c2)CC1)C1CCCCC1. The third kappa shape index (κ3) is 5.20. The van der Waals surface area contributed by atoms with Crippen molar-refractivity contribution in [2.45, 2.75) is 58.4 Å². The van der Waals surface area contributed by atoms with E-state index in [1.807, 2.05) is 30.9 Å². The summed E-state index contributed by atoms with van der Waals surface area (Å²) in [6.07, 6.45) is 9.62. The molecule has 1 aliphatic carbocycles. The predicted molar refractivity (Wildman–Crippen MR) is 126 cm³/mol. The van der Waals surface area contributed by atoms with Crippen LogP contribution in [0.2, 0.25) is 0 Å². The minimum atomic E-state index is -0.460. The molecule has 8 nitrogen and oxygen atoms in total. The maximum atomic E-state index is 13.5. The highest BCUT2D eigenvalue weighted by atomic mass is 16.2. The van der Waals surface area contributed by atoms with Gasteiger partial charge in [0.15, 0.2) is 0 Å². The first-order chi connectivity index (χ1) is 16.0. The van der Waals surface area contributed by atoms with Crippen LogP contribution in [-0.4, -0.2) is 69.4 Å². The van der Waals surface area contributed by atoms with Crippen LogP contribution < -0.4 is 5.32 Å². The molecule has 1 N–H and O–H groups in total. The molecule has 0 spiro atoms. The molecule has 1 saturated heterocycles. The molecule has 1 saturated carbocycles. The van der Waals surface area contributed by atoms with Crippen LogP contribution in [0.4, 0.5) is 0 Å². The number of nitrogens with zero attached hydrogens (tertiary/aromatic N) is 4. The Morgan fingerprint density at radius 3 is 2.45 bits per heavy atom. The molecule has 8 heteroatoms. The summed E-state index contributed by atoms with van der Waals surface area (Å²) >= 11 is 0. The standard InChI is InChI=1S/C25H35N5O3/c1-3-18(2)23(31)27-22(19-7-5-4-6-8-19)25(33)29-15-13-28(14-16-29)24(32)20-10-12-30-21(17-20)9-11-26-30/h9-12,17-19,22H,3-8,13-16H2,1-2H3,(H,27,31)/t18-,22+/m1/s1. The van der Waals surface area contributed by atoms with Crippen molar-refractivity contribution in [3.05, 3.63) is 36.2 Å². The number of nitrogens with one attached hydrogen (secondary N) is 1. The second kappa shape index (κ2) is 10.4. The van der Waals surface area contributed by atoms with E-state index in [1.165, 1.54) is 6.42 Å². The van der Waals surface area contributed by atoms with E-state index in [4.69, 9.17) is 0 Å². The zero-order valence-electron chi connectivity index (χ0n) is 19.7. The van der Waals surface area contributed by atoms with Gasteiger partial charge in [-0.3, -0.25) is 14.4 Å². The molecular formula is C25H35N5O3. The van der Waals surface area contributed by atoms with Crippen LogP contribution in [0.1, 0.15) is 62.7 Å². The highest BCUT2D eigenvalue weighted by Gasteiger charge is 2.36. The third-order valence-electron chi connectivity index (χ3n) is 7.27. The van der Waals surface area contributed by atoms with Gasteiger partial charge in [-0.1, -0.05) is 33.1 Å². The molecule has 2 fully saturated rings. The van der Waals surface area contributed by atoms with Crippen LogP contribution >= 0.6 is 0 Å². The average Bonchev–Trinajstić information content (AvgIpc) is 3.34. The van der Waals surface area contributed by atoms with Crippen molar-refractivity contribution in [2.24, 2.45) is 11.8 Å². The van der Waals surface area contributed by atoms with E-state index < -0.39 is 6.04 Å². The minimum Gasteiger partial charge on any atom is -0.344 e. The smallest absolute Gasteiger partial charge is 0.254 e. The number of carbonyl (C=O) groups excluding carboxylic acids is 3. The van der Waals surface area contributed by atoms with Gasteiger partial charge in [0.1, 0.15) is 6.04 Å². The van der Waals surface area contributed by atoms with E-state index in [2.05, 4.69) is 10.4 Å². The quantitative estimate of drug-likeness (QED) is 0.729. The topological polar surface area (TPSA) is 87.0 Å². The molecule has 178 valence electrons. The number of fused-ring (bicyclic) bond motifs is 1. The molecule has 1 aliphatic heterocycles. The largest absolute Gasteiger partial charge is 0.344 e. The number of carbonyl (C=O) groups is 3. The molecule has 0 aromatic carbocycles. The van der Waals surface area contributed by atoms with Crippen molar-refractivity contribution >= 4 is 23.2 Å². The molecule has 4 rings (SSSR count). The summed E-state index contributed by atoms with van der Waals surface area (Å²) in [6.45, 7) is 5.85. The van der Waals surface area contributed by atoms with Gasteiger partial charge in [0, 0.05) is 50.1 Å². The number of amides is 3. The van der Waals surface area contributed by atoms with Crippen LogP contribution in [0.15, 0.2) is 30.6 Å². The lowest BCUT2D eigenvalue weighted by Crippen LogP contribution is -2.58. The average molecular weight is 454 g/mol. The lowest BCUT2D eigenvalue weighted by molar-refractivity contribution is -0.140. The summed E-state index contributed by atoms with van der Waals surface area (Å²) in [4.78, 5) is 42.8. The van der Waals surface area contributed by atoms with Crippen LogP contribution in [-0.2, 0) is 9.59 Å². The summed E-state index contributed by atoms with van der Waals surface area (Å²) < 4.78 is 1.73. The zero-order chi connectivity index (χ0) is 23.4. The van der Waals surface area contributed by atoms with Gasteiger partial charge >= 0.3 is 0 Å². The molecule has 2 atom stereocenters. The summed E-state index contributed by atoms with van der Waals surface area (Å²) in [5.41, 5.74) is 1.51. The Balaban J connectivity index is 1.40. The number of rotatable bonds is 6. The Morgan fingerprint density at radius 1 is 1.06 bits per heavy atom. The molecule has 3 amide bonds. The van der Waals surface area contributed by atoms with Crippen molar-refractivity contribution in [2.75, 3.05) is 26.2 Å². The van der Waals surface area contributed by atoms with Crippen molar-refractivity contribution in [1.82, 2.24) is 24.7 Å². The molecule has 0 radical (unpaired) electrons. The van der Waals surface area contributed by atoms with Crippen molar-refractivity contribution in [3.8, 4) is 0 Å². The molecule has 2 aromatic rings. The molecule has 0 unspecified atom stereocenters. The van der Waals surface area contributed by atoms with E-state index in [-0.39, 0.29) is 29.6 Å². The number of piperazine rings is 1. The Kier molecular flexibility index (Phi) is 7.30. The normalized spacial score (nSPS) is 19.3. The minimum absolute atomic E-state index is 0.00586. The van der Waals surface area contributed by atoms with Crippen LogP contribution in [0.25, 0.3) is 5.52 Å². The fourth-order valence-corrected chi connectivity index (χ4v) is 4.89. The number of hydrogen-bond donors (Lipinski definition) is 1. The molecule has 0 bridgehead atoms. The van der Waals surface area contributed by atoms with Gasteiger partial charge in [-0.15, -0.1) is 0 Å². The van der Waals surface area contributed by atoms with Crippen molar-refractivity contribution in [3.63, 3.8) is 0 Å².